The summed E-state index contributed by atoms with van der Waals surface area (Å²) in [6.07, 6.45) is 0. The third-order valence-electron chi connectivity index (χ3n) is 2.91. The van der Waals surface area contributed by atoms with E-state index in [-0.39, 0.29) is 16.6 Å². The van der Waals surface area contributed by atoms with Crippen molar-refractivity contribution in [2.75, 3.05) is 30.9 Å². The number of nitrogens with zero attached hydrogens (tertiary/aromatic N) is 1. The van der Waals surface area contributed by atoms with Gasteiger partial charge in [-0.05, 0) is 32.0 Å². The van der Waals surface area contributed by atoms with Crippen molar-refractivity contribution in [1.29, 1.82) is 0 Å². The molecule has 6 nitrogen and oxygen atoms in total. The van der Waals surface area contributed by atoms with E-state index in [1.165, 1.54) is 6.07 Å². The second-order valence-electron chi connectivity index (χ2n) is 4.36. The summed E-state index contributed by atoms with van der Waals surface area (Å²) in [5.74, 6) is 0. The number of nitrogens with two attached hydrogens (primary N) is 2. The first-order valence-electron chi connectivity index (χ1n) is 5.99. The molecule has 0 bridgehead atoms. The maximum absolute atomic E-state index is 11.3. The van der Waals surface area contributed by atoms with Gasteiger partial charge in [0.05, 0.1) is 12.3 Å². The number of primary sulfonamides is 1. The second-order valence-corrected chi connectivity index (χ2v) is 5.89. The lowest BCUT2D eigenvalue weighted by Gasteiger charge is -2.30. The van der Waals surface area contributed by atoms with Crippen LogP contribution in [0.3, 0.4) is 0 Å². The summed E-state index contributed by atoms with van der Waals surface area (Å²) in [6.45, 7) is 5.37. The molecule has 0 saturated carbocycles. The van der Waals surface area contributed by atoms with E-state index in [4.69, 9.17) is 15.6 Å². The Morgan fingerprint density at radius 2 is 2.05 bits per heavy atom. The molecule has 4 N–H and O–H groups in total. The van der Waals surface area contributed by atoms with Gasteiger partial charge in [-0.1, -0.05) is 0 Å². The van der Waals surface area contributed by atoms with Crippen molar-refractivity contribution in [3.05, 3.63) is 18.2 Å². The molecule has 0 saturated heterocycles. The summed E-state index contributed by atoms with van der Waals surface area (Å²) >= 11 is 0. The van der Waals surface area contributed by atoms with Crippen LogP contribution in [0.1, 0.15) is 13.8 Å². The van der Waals surface area contributed by atoms with Gasteiger partial charge in [-0.2, -0.15) is 0 Å². The monoisotopic (exact) mass is 287 g/mol. The van der Waals surface area contributed by atoms with Crippen molar-refractivity contribution < 1.29 is 13.2 Å². The van der Waals surface area contributed by atoms with Gasteiger partial charge in [0.15, 0.2) is 0 Å². The number of anilines is 2. The maximum atomic E-state index is 11.3. The molecular formula is C12H21N3O3S. The van der Waals surface area contributed by atoms with E-state index in [2.05, 4.69) is 4.90 Å². The number of rotatable bonds is 6. The highest BCUT2D eigenvalue weighted by atomic mass is 32.2. The predicted octanol–water partition coefficient (Wildman–Crippen LogP) is 0.777. The molecule has 19 heavy (non-hydrogen) atoms. The van der Waals surface area contributed by atoms with Crippen molar-refractivity contribution >= 4 is 21.4 Å². The number of hydrogen-bond acceptors (Lipinski definition) is 5. The van der Waals surface area contributed by atoms with Crippen LogP contribution < -0.4 is 15.8 Å². The number of sulfonamides is 1. The molecule has 0 radical (unpaired) electrons. The van der Waals surface area contributed by atoms with Gasteiger partial charge in [-0.15, -0.1) is 0 Å². The van der Waals surface area contributed by atoms with E-state index in [9.17, 15) is 8.42 Å². The number of hydrogen-bond donors (Lipinski definition) is 2. The zero-order valence-electron chi connectivity index (χ0n) is 11.5. The van der Waals surface area contributed by atoms with E-state index in [0.29, 0.717) is 6.61 Å². The molecule has 108 valence electrons. The molecule has 1 atom stereocenters. The Kier molecular flexibility index (Phi) is 5.16. The Morgan fingerprint density at radius 3 is 2.47 bits per heavy atom. The third kappa shape index (κ3) is 3.82. The SMILES string of the molecule is CCN(c1ccc(S(N)(=O)=O)c(N)c1)C(C)COC. The zero-order valence-corrected chi connectivity index (χ0v) is 12.3. The fourth-order valence-electron chi connectivity index (χ4n) is 2.05. The first-order valence-corrected chi connectivity index (χ1v) is 7.53. The van der Waals surface area contributed by atoms with E-state index in [0.717, 1.165) is 12.2 Å². The number of ether oxygens (including phenoxy) is 1. The standard InChI is InChI=1S/C12H21N3O3S/c1-4-15(9(2)8-18-3)10-5-6-12(11(13)7-10)19(14,16)17/h5-7,9H,4,8,13H2,1-3H3,(H2,14,16,17). The van der Waals surface area contributed by atoms with Crippen molar-refractivity contribution in [3.8, 4) is 0 Å². The summed E-state index contributed by atoms with van der Waals surface area (Å²) in [4.78, 5) is 2.03. The lowest BCUT2D eigenvalue weighted by Crippen LogP contribution is -2.36. The summed E-state index contributed by atoms with van der Waals surface area (Å²) in [5.41, 5.74) is 6.76. The summed E-state index contributed by atoms with van der Waals surface area (Å²) < 4.78 is 27.7. The summed E-state index contributed by atoms with van der Waals surface area (Å²) in [7, 11) is -2.14. The largest absolute Gasteiger partial charge is 0.398 e. The molecule has 0 heterocycles. The highest BCUT2D eigenvalue weighted by Gasteiger charge is 2.17. The molecule has 0 aliphatic rings. The molecule has 0 aromatic heterocycles. The second kappa shape index (κ2) is 6.23. The predicted molar refractivity (Wildman–Crippen MR) is 76.6 cm³/mol. The van der Waals surface area contributed by atoms with E-state index >= 15 is 0 Å². The molecule has 1 aromatic carbocycles. The molecule has 7 heteroatoms. The fraction of sp³-hybridized carbons (Fsp3) is 0.500. The highest BCUT2D eigenvalue weighted by Crippen LogP contribution is 2.25. The molecule has 0 amide bonds. The third-order valence-corrected chi connectivity index (χ3v) is 3.90. The van der Waals surface area contributed by atoms with Gasteiger partial charge in [0.25, 0.3) is 0 Å². The van der Waals surface area contributed by atoms with Gasteiger partial charge in [0.1, 0.15) is 4.90 Å². The van der Waals surface area contributed by atoms with Gasteiger partial charge < -0.3 is 15.4 Å². The zero-order chi connectivity index (χ0) is 14.6. The van der Waals surface area contributed by atoms with Crippen molar-refractivity contribution in [1.82, 2.24) is 0 Å². The minimum atomic E-state index is -3.78. The fourth-order valence-corrected chi connectivity index (χ4v) is 2.70. The maximum Gasteiger partial charge on any atom is 0.240 e. The van der Waals surface area contributed by atoms with E-state index in [1.807, 2.05) is 13.8 Å². The van der Waals surface area contributed by atoms with Crippen LogP contribution in [0, 0.1) is 0 Å². The van der Waals surface area contributed by atoms with Gasteiger partial charge in [-0.25, -0.2) is 13.6 Å². The molecule has 1 aromatic rings. The lowest BCUT2D eigenvalue weighted by atomic mass is 10.2. The van der Waals surface area contributed by atoms with Crippen LogP contribution in [0.2, 0.25) is 0 Å². The first kappa shape index (κ1) is 15.7. The van der Waals surface area contributed by atoms with Crippen molar-refractivity contribution in [2.24, 2.45) is 5.14 Å². The summed E-state index contributed by atoms with van der Waals surface area (Å²) in [5, 5.41) is 5.08. The Morgan fingerprint density at radius 1 is 1.42 bits per heavy atom. The highest BCUT2D eigenvalue weighted by molar-refractivity contribution is 7.89. The quantitative estimate of drug-likeness (QED) is 0.753. The molecule has 0 spiro atoms. The Hall–Kier alpha value is -1.31. The van der Waals surface area contributed by atoms with Crippen LogP contribution in [-0.4, -0.2) is 34.7 Å². The van der Waals surface area contributed by atoms with Gasteiger partial charge in [-0.3, -0.25) is 0 Å². The van der Waals surface area contributed by atoms with Crippen LogP contribution >= 0.6 is 0 Å². The smallest absolute Gasteiger partial charge is 0.240 e. The van der Waals surface area contributed by atoms with Crippen LogP contribution in [0.5, 0.6) is 0 Å². The van der Waals surface area contributed by atoms with Gasteiger partial charge in [0, 0.05) is 25.4 Å². The molecule has 0 aliphatic carbocycles. The Labute approximate surface area is 114 Å². The number of benzene rings is 1. The van der Waals surface area contributed by atoms with Gasteiger partial charge >= 0.3 is 0 Å². The molecule has 0 aliphatic heterocycles. The Bertz CT molecular complexity index is 531. The van der Waals surface area contributed by atoms with E-state index in [1.54, 1.807) is 19.2 Å². The van der Waals surface area contributed by atoms with Crippen LogP contribution in [0.15, 0.2) is 23.1 Å². The number of methoxy groups -OCH3 is 1. The molecule has 1 rings (SSSR count). The first-order chi connectivity index (χ1) is 8.81. The van der Waals surface area contributed by atoms with Crippen LogP contribution in [-0.2, 0) is 14.8 Å². The van der Waals surface area contributed by atoms with E-state index < -0.39 is 10.0 Å². The normalized spacial score (nSPS) is 13.3. The lowest BCUT2D eigenvalue weighted by molar-refractivity contribution is 0.182. The molecular weight excluding hydrogens is 266 g/mol. The minimum absolute atomic E-state index is 0.0494. The topological polar surface area (TPSA) is 98.7 Å². The van der Waals surface area contributed by atoms with Crippen molar-refractivity contribution in [3.63, 3.8) is 0 Å². The average molecular weight is 287 g/mol. The minimum Gasteiger partial charge on any atom is -0.398 e. The summed E-state index contributed by atoms with van der Waals surface area (Å²) in [6, 6.07) is 4.92. The van der Waals surface area contributed by atoms with Crippen LogP contribution in [0.4, 0.5) is 11.4 Å². The Balaban J connectivity index is 3.12. The van der Waals surface area contributed by atoms with Crippen molar-refractivity contribution in [2.45, 2.75) is 24.8 Å². The number of likely N-dealkylation sites (N-methyl/N-ethyl adjacent to an activating group) is 1. The number of nitrogen functional groups attached to an aromatic ring is 1. The average Bonchev–Trinajstić information content (AvgIpc) is 2.28. The van der Waals surface area contributed by atoms with Gasteiger partial charge in [0.2, 0.25) is 10.0 Å². The van der Waals surface area contributed by atoms with Crippen LogP contribution in [0.25, 0.3) is 0 Å². The molecule has 0 fully saturated rings. The molecule has 1 unspecified atom stereocenters.